The van der Waals surface area contributed by atoms with Crippen molar-refractivity contribution in [3.8, 4) is 0 Å². The minimum atomic E-state index is -0.196. The van der Waals surface area contributed by atoms with Gasteiger partial charge in [-0.1, -0.05) is 36.8 Å². The highest BCUT2D eigenvalue weighted by atomic mass is 16.3. The molecule has 3 atom stereocenters. The van der Waals surface area contributed by atoms with Crippen molar-refractivity contribution in [1.29, 1.82) is 0 Å². The zero-order chi connectivity index (χ0) is 15.2. The third-order valence-electron chi connectivity index (χ3n) is 4.26. The first-order valence-corrected chi connectivity index (χ1v) is 7.77. The number of hydrogen-bond donors (Lipinski definition) is 2. The van der Waals surface area contributed by atoms with Gasteiger partial charge in [-0.05, 0) is 38.3 Å². The van der Waals surface area contributed by atoms with Crippen LogP contribution in [0.2, 0.25) is 0 Å². The number of nitrogens with zero attached hydrogens (tertiary/aromatic N) is 1. The molecule has 1 aliphatic rings. The van der Waals surface area contributed by atoms with E-state index in [0.29, 0.717) is 12.5 Å². The molecule has 0 aromatic heterocycles. The van der Waals surface area contributed by atoms with E-state index in [-0.39, 0.29) is 18.1 Å². The molecule has 3 unspecified atom stereocenters. The van der Waals surface area contributed by atoms with Crippen molar-refractivity contribution in [1.82, 2.24) is 10.2 Å². The van der Waals surface area contributed by atoms with E-state index in [9.17, 15) is 9.90 Å². The molecule has 0 bridgehead atoms. The lowest BCUT2D eigenvalue weighted by molar-refractivity contribution is -0.122. The lowest BCUT2D eigenvalue weighted by Crippen LogP contribution is -2.39. The molecule has 1 aliphatic carbocycles. The summed E-state index contributed by atoms with van der Waals surface area (Å²) in [6, 6.07) is 9.98. The lowest BCUT2D eigenvalue weighted by atomic mass is 10.1. The van der Waals surface area contributed by atoms with Crippen LogP contribution in [0.3, 0.4) is 0 Å². The average Bonchev–Trinajstić information content (AvgIpc) is 2.84. The highest BCUT2D eigenvalue weighted by Crippen LogP contribution is 2.25. The molecular formula is C17H26N2O2. The Bertz CT molecular complexity index is 449. The molecule has 4 heteroatoms. The average molecular weight is 290 g/mol. The summed E-state index contributed by atoms with van der Waals surface area (Å²) < 4.78 is 0. The molecule has 0 aliphatic heterocycles. The number of nitrogens with one attached hydrogen (secondary N) is 1. The zero-order valence-corrected chi connectivity index (χ0v) is 13.0. The fraction of sp³-hybridized carbons (Fsp3) is 0.588. The molecule has 0 saturated heterocycles. The van der Waals surface area contributed by atoms with E-state index in [2.05, 4.69) is 5.32 Å². The van der Waals surface area contributed by atoms with Crippen LogP contribution in [0.25, 0.3) is 0 Å². The van der Waals surface area contributed by atoms with Gasteiger partial charge in [-0.25, -0.2) is 0 Å². The van der Waals surface area contributed by atoms with Crippen molar-refractivity contribution < 1.29 is 9.90 Å². The third-order valence-corrected chi connectivity index (χ3v) is 4.26. The van der Waals surface area contributed by atoms with Crippen LogP contribution in [0.15, 0.2) is 30.3 Å². The normalized spacial score (nSPS) is 23.2. The van der Waals surface area contributed by atoms with Gasteiger partial charge < -0.3 is 10.4 Å². The number of likely N-dealkylation sites (N-methyl/N-ethyl adjacent to an activating group) is 1. The highest BCUT2D eigenvalue weighted by Gasteiger charge is 2.26. The quantitative estimate of drug-likeness (QED) is 0.842. The van der Waals surface area contributed by atoms with Gasteiger partial charge in [0.05, 0.1) is 18.7 Å². The van der Waals surface area contributed by atoms with Crippen LogP contribution in [0.1, 0.15) is 37.8 Å². The predicted molar refractivity (Wildman–Crippen MR) is 83.8 cm³/mol. The zero-order valence-electron chi connectivity index (χ0n) is 13.0. The molecule has 116 valence electrons. The molecule has 0 spiro atoms. The maximum absolute atomic E-state index is 12.1. The Morgan fingerprint density at radius 1 is 1.38 bits per heavy atom. The highest BCUT2D eigenvalue weighted by molar-refractivity contribution is 5.78. The van der Waals surface area contributed by atoms with Crippen LogP contribution in [0.4, 0.5) is 0 Å². The Morgan fingerprint density at radius 3 is 2.71 bits per heavy atom. The van der Waals surface area contributed by atoms with Crippen LogP contribution in [-0.2, 0) is 4.79 Å². The number of benzene rings is 1. The van der Waals surface area contributed by atoms with Crippen LogP contribution < -0.4 is 5.32 Å². The smallest absolute Gasteiger partial charge is 0.234 e. The summed E-state index contributed by atoms with van der Waals surface area (Å²) in [4.78, 5) is 14.1. The summed E-state index contributed by atoms with van der Waals surface area (Å²) >= 11 is 0. The SMILES string of the molecule is CC(NC(=O)CN(C)CC1CCCC1O)c1ccccc1. The number of aliphatic hydroxyl groups is 1. The van der Waals surface area contributed by atoms with Gasteiger partial charge in [-0.15, -0.1) is 0 Å². The fourth-order valence-corrected chi connectivity index (χ4v) is 3.05. The molecule has 21 heavy (non-hydrogen) atoms. The second-order valence-electron chi connectivity index (χ2n) is 6.15. The Morgan fingerprint density at radius 2 is 2.10 bits per heavy atom. The molecule has 0 heterocycles. The summed E-state index contributed by atoms with van der Waals surface area (Å²) in [7, 11) is 1.94. The molecule has 4 nitrogen and oxygen atoms in total. The minimum absolute atomic E-state index is 0.0178. The molecule has 1 amide bonds. The summed E-state index contributed by atoms with van der Waals surface area (Å²) in [6.45, 7) is 3.16. The Hall–Kier alpha value is -1.39. The topological polar surface area (TPSA) is 52.6 Å². The molecule has 1 fully saturated rings. The number of aliphatic hydroxyl groups excluding tert-OH is 1. The van der Waals surface area contributed by atoms with Crippen molar-refractivity contribution in [3.05, 3.63) is 35.9 Å². The van der Waals surface area contributed by atoms with Crippen LogP contribution in [0, 0.1) is 5.92 Å². The first-order chi connectivity index (χ1) is 10.1. The number of rotatable bonds is 6. The Balaban J connectivity index is 1.76. The van der Waals surface area contributed by atoms with Crippen molar-refractivity contribution in [3.63, 3.8) is 0 Å². The number of amides is 1. The van der Waals surface area contributed by atoms with Crippen molar-refractivity contribution in [2.45, 2.75) is 38.3 Å². The molecule has 1 saturated carbocycles. The first kappa shape index (κ1) is 16.0. The summed E-state index contributed by atoms with van der Waals surface area (Å²) in [5, 5.41) is 12.9. The van der Waals surface area contributed by atoms with E-state index in [1.165, 1.54) is 0 Å². The molecular weight excluding hydrogens is 264 g/mol. The largest absolute Gasteiger partial charge is 0.393 e. The molecule has 1 aromatic carbocycles. The molecule has 1 aromatic rings. The summed E-state index contributed by atoms with van der Waals surface area (Å²) in [5.74, 6) is 0.343. The van der Waals surface area contributed by atoms with Gasteiger partial charge in [-0.3, -0.25) is 9.69 Å². The van der Waals surface area contributed by atoms with Gasteiger partial charge in [0.2, 0.25) is 5.91 Å². The van der Waals surface area contributed by atoms with E-state index >= 15 is 0 Å². The maximum atomic E-state index is 12.1. The van der Waals surface area contributed by atoms with E-state index in [1.54, 1.807) is 0 Å². The van der Waals surface area contributed by atoms with Crippen molar-refractivity contribution in [2.75, 3.05) is 20.1 Å². The Kier molecular flexibility index (Phi) is 5.76. The van der Waals surface area contributed by atoms with Gasteiger partial charge in [0.15, 0.2) is 0 Å². The lowest BCUT2D eigenvalue weighted by Gasteiger charge is -2.23. The first-order valence-electron chi connectivity index (χ1n) is 7.77. The van der Waals surface area contributed by atoms with Crippen molar-refractivity contribution in [2.24, 2.45) is 5.92 Å². The monoisotopic (exact) mass is 290 g/mol. The van der Waals surface area contributed by atoms with Gasteiger partial charge in [0.25, 0.3) is 0 Å². The summed E-state index contributed by atoms with van der Waals surface area (Å²) in [6.07, 6.45) is 2.86. The van der Waals surface area contributed by atoms with Gasteiger partial charge in [0, 0.05) is 6.54 Å². The number of carbonyl (C=O) groups is 1. The number of hydrogen-bond acceptors (Lipinski definition) is 3. The second-order valence-corrected chi connectivity index (χ2v) is 6.15. The molecule has 2 N–H and O–H groups in total. The third kappa shape index (κ3) is 4.83. The summed E-state index contributed by atoms with van der Waals surface area (Å²) in [5.41, 5.74) is 1.11. The molecule has 2 rings (SSSR count). The van der Waals surface area contributed by atoms with E-state index < -0.39 is 0 Å². The van der Waals surface area contributed by atoms with E-state index in [4.69, 9.17) is 0 Å². The van der Waals surface area contributed by atoms with Gasteiger partial charge >= 0.3 is 0 Å². The van der Waals surface area contributed by atoms with Crippen molar-refractivity contribution >= 4 is 5.91 Å². The van der Waals surface area contributed by atoms with Gasteiger partial charge in [-0.2, -0.15) is 0 Å². The van der Waals surface area contributed by atoms with Crippen LogP contribution >= 0.6 is 0 Å². The second kappa shape index (κ2) is 7.57. The standard InChI is InChI=1S/C17H26N2O2/c1-13(14-7-4-3-5-8-14)18-17(21)12-19(2)11-15-9-6-10-16(15)20/h3-5,7-8,13,15-16,20H,6,9-12H2,1-2H3,(H,18,21). The number of carbonyl (C=O) groups excluding carboxylic acids is 1. The van der Waals surface area contributed by atoms with E-state index in [1.807, 2.05) is 49.2 Å². The minimum Gasteiger partial charge on any atom is -0.393 e. The molecule has 0 radical (unpaired) electrons. The van der Waals surface area contributed by atoms with E-state index in [0.717, 1.165) is 31.4 Å². The van der Waals surface area contributed by atoms with Gasteiger partial charge in [0.1, 0.15) is 0 Å². The Labute approximate surface area is 127 Å². The predicted octanol–water partition coefficient (Wildman–Crippen LogP) is 1.96. The van der Waals surface area contributed by atoms with Crippen LogP contribution in [-0.4, -0.2) is 42.2 Å². The fourth-order valence-electron chi connectivity index (χ4n) is 3.05. The van der Waals surface area contributed by atoms with Crippen LogP contribution in [0.5, 0.6) is 0 Å². The maximum Gasteiger partial charge on any atom is 0.234 e.